The van der Waals surface area contributed by atoms with Gasteiger partial charge in [0.05, 0.1) is 22.6 Å². The molecule has 10 nitrogen and oxygen atoms in total. The van der Waals surface area contributed by atoms with Crippen LogP contribution in [0.15, 0.2) is 6.07 Å². The average molecular weight is 681 g/mol. The Labute approximate surface area is 269 Å². The van der Waals surface area contributed by atoms with Crippen molar-refractivity contribution < 1.29 is 40.2 Å². The van der Waals surface area contributed by atoms with Crippen molar-refractivity contribution in [2.45, 2.75) is 87.3 Å². The van der Waals surface area contributed by atoms with E-state index in [4.69, 9.17) is 20.2 Å². The Kier molecular flexibility index (Phi) is 6.13. The summed E-state index contributed by atoms with van der Waals surface area (Å²) in [7, 11) is 0. The van der Waals surface area contributed by atoms with Gasteiger partial charge in [-0.1, -0.05) is 0 Å². The summed E-state index contributed by atoms with van der Waals surface area (Å²) in [6.07, 6.45) is -2.49. The molecular weight excluding hydrogens is 649 g/mol. The molecule has 0 amide bonds. The van der Waals surface area contributed by atoms with E-state index in [2.05, 4.69) is 20.3 Å². The number of nitrogen functional groups attached to an aromatic ring is 1. The standard InChI is InChI=1S/C31H31F7N8O2/c1-13-23-17-4-3-14(40-17)8-46(23)25-18-21(19(33)22(42-26(18)48-13)20-15(31(36,37)38)7-16(32)24(39)41-20)43-27(44-25)47-12-29-5-2-6-45(29)11-28(9-29)10-30(28,34)35/h7,13-14,17,23,40H,2-6,8-12H2,1H3,(H2,39,41)/t13-,14+,17-,23+,28?,29-/m0/s1. The first-order chi connectivity index (χ1) is 22.7. The molecule has 4 saturated heterocycles. The number of aromatic nitrogens is 4. The van der Waals surface area contributed by atoms with Crippen LogP contribution in [-0.4, -0.2) is 86.8 Å². The number of piperazine rings is 1. The number of pyridine rings is 2. The van der Waals surface area contributed by atoms with Crippen molar-refractivity contribution in [3.63, 3.8) is 0 Å². The molecule has 17 heteroatoms. The van der Waals surface area contributed by atoms with Gasteiger partial charge in [0, 0.05) is 31.6 Å². The van der Waals surface area contributed by atoms with Gasteiger partial charge in [0.1, 0.15) is 40.8 Å². The van der Waals surface area contributed by atoms with Crippen LogP contribution in [0.2, 0.25) is 0 Å². The van der Waals surface area contributed by atoms with Gasteiger partial charge >= 0.3 is 12.2 Å². The van der Waals surface area contributed by atoms with E-state index in [0.717, 1.165) is 19.3 Å². The number of nitrogens with zero attached hydrogens (tertiary/aromatic N) is 6. The highest BCUT2D eigenvalue weighted by Crippen LogP contribution is 2.69. The molecule has 5 aliphatic heterocycles. The first kappa shape index (κ1) is 30.3. The Morgan fingerprint density at radius 3 is 2.65 bits per heavy atom. The van der Waals surface area contributed by atoms with E-state index < -0.39 is 69.1 Å². The van der Waals surface area contributed by atoms with Crippen LogP contribution in [0.3, 0.4) is 0 Å². The Morgan fingerprint density at radius 2 is 1.90 bits per heavy atom. The summed E-state index contributed by atoms with van der Waals surface area (Å²) >= 11 is 0. The number of hydrogen-bond donors (Lipinski definition) is 2. The lowest BCUT2D eigenvalue weighted by Crippen LogP contribution is -2.62. The van der Waals surface area contributed by atoms with Crippen LogP contribution in [0.1, 0.15) is 51.0 Å². The molecule has 6 aliphatic rings. The van der Waals surface area contributed by atoms with Crippen molar-refractivity contribution in [2.75, 3.05) is 36.9 Å². The number of nitrogens with two attached hydrogens (primary N) is 1. The van der Waals surface area contributed by atoms with Gasteiger partial charge in [0.15, 0.2) is 17.5 Å². The highest BCUT2D eigenvalue weighted by molar-refractivity contribution is 5.97. The van der Waals surface area contributed by atoms with E-state index in [9.17, 15) is 26.3 Å². The molecule has 1 aliphatic carbocycles. The second kappa shape index (κ2) is 9.70. The van der Waals surface area contributed by atoms with Crippen LogP contribution < -0.4 is 25.4 Å². The summed E-state index contributed by atoms with van der Waals surface area (Å²) in [5.74, 6) is -6.29. The molecule has 3 aromatic rings. The quantitative estimate of drug-likeness (QED) is 0.376. The van der Waals surface area contributed by atoms with E-state index in [1.165, 1.54) is 0 Å². The number of anilines is 2. The molecule has 6 atom stereocenters. The molecule has 0 radical (unpaired) electrons. The van der Waals surface area contributed by atoms with Gasteiger partial charge in [-0.3, -0.25) is 4.90 Å². The molecule has 9 rings (SSSR count). The number of fused-ring (bicyclic) bond motifs is 6. The Hall–Kier alpha value is -3.73. The number of alkyl halides is 5. The van der Waals surface area contributed by atoms with Crippen molar-refractivity contribution in [1.29, 1.82) is 0 Å². The molecule has 1 unspecified atom stereocenters. The second-order valence-electron chi connectivity index (χ2n) is 14.3. The summed E-state index contributed by atoms with van der Waals surface area (Å²) in [6.45, 7) is 3.15. The molecule has 8 heterocycles. The van der Waals surface area contributed by atoms with Crippen LogP contribution in [0.5, 0.6) is 11.9 Å². The summed E-state index contributed by atoms with van der Waals surface area (Å²) < 4.78 is 115. The highest BCUT2D eigenvalue weighted by Gasteiger charge is 2.77. The second-order valence-corrected chi connectivity index (χ2v) is 14.3. The highest BCUT2D eigenvalue weighted by atomic mass is 19.4. The zero-order valence-electron chi connectivity index (χ0n) is 25.7. The van der Waals surface area contributed by atoms with Gasteiger partial charge in [-0.25, -0.2) is 27.5 Å². The van der Waals surface area contributed by atoms with Crippen molar-refractivity contribution in [3.05, 3.63) is 23.3 Å². The molecule has 3 N–H and O–H groups in total. The molecule has 5 fully saturated rings. The van der Waals surface area contributed by atoms with Gasteiger partial charge in [0.2, 0.25) is 5.88 Å². The summed E-state index contributed by atoms with van der Waals surface area (Å²) in [4.78, 5) is 20.9. The maximum absolute atomic E-state index is 16.7. The third kappa shape index (κ3) is 4.24. The third-order valence-electron chi connectivity index (χ3n) is 11.3. The van der Waals surface area contributed by atoms with Crippen LogP contribution in [-0.2, 0) is 6.18 Å². The number of halogens is 7. The predicted molar refractivity (Wildman–Crippen MR) is 157 cm³/mol. The van der Waals surface area contributed by atoms with Crippen molar-refractivity contribution in [2.24, 2.45) is 5.41 Å². The largest absolute Gasteiger partial charge is 0.472 e. The van der Waals surface area contributed by atoms with Gasteiger partial charge < -0.3 is 25.4 Å². The van der Waals surface area contributed by atoms with Crippen LogP contribution >= 0.6 is 0 Å². The molecular formula is C31H31F7N8O2. The van der Waals surface area contributed by atoms with E-state index in [1.807, 2.05) is 9.80 Å². The molecule has 3 aromatic heterocycles. The molecule has 2 bridgehead atoms. The maximum Gasteiger partial charge on any atom is 0.418 e. The van der Waals surface area contributed by atoms with Gasteiger partial charge in [-0.15, -0.1) is 0 Å². The number of rotatable bonds is 4. The lowest BCUT2D eigenvalue weighted by atomic mass is 9.89. The Morgan fingerprint density at radius 1 is 1.10 bits per heavy atom. The van der Waals surface area contributed by atoms with Crippen molar-refractivity contribution in [1.82, 2.24) is 30.2 Å². The fourth-order valence-electron chi connectivity index (χ4n) is 9.06. The van der Waals surface area contributed by atoms with E-state index in [1.54, 1.807) is 6.92 Å². The first-order valence-electron chi connectivity index (χ1n) is 16.1. The van der Waals surface area contributed by atoms with Crippen molar-refractivity contribution in [3.8, 4) is 23.3 Å². The number of hydrogen-bond acceptors (Lipinski definition) is 10. The van der Waals surface area contributed by atoms with E-state index in [0.29, 0.717) is 19.5 Å². The fourth-order valence-corrected chi connectivity index (χ4v) is 9.06. The molecule has 1 spiro atoms. The molecule has 1 saturated carbocycles. The van der Waals surface area contributed by atoms with Gasteiger partial charge in [-0.05, 0) is 51.6 Å². The SMILES string of the molecule is C[C@@H]1Oc2nc(-c3nc(N)c(F)cc3C(F)(F)F)c(F)c3nc(OC[C@@]45CCCN4CC4(CC4(F)F)C5)nc(c23)N2C[C@H]3CC[C@H](N3)[C@@H]12. The van der Waals surface area contributed by atoms with Crippen molar-refractivity contribution >= 4 is 22.5 Å². The lowest BCUT2D eigenvalue weighted by molar-refractivity contribution is -0.137. The molecule has 48 heavy (non-hydrogen) atoms. The molecule has 256 valence electrons. The smallest absolute Gasteiger partial charge is 0.418 e. The van der Waals surface area contributed by atoms with Crippen LogP contribution in [0.4, 0.5) is 42.4 Å². The maximum atomic E-state index is 16.7. The topological polar surface area (TPSA) is 115 Å². The van der Waals surface area contributed by atoms with Gasteiger partial charge in [0.25, 0.3) is 5.92 Å². The molecule has 0 aromatic carbocycles. The minimum Gasteiger partial charge on any atom is -0.472 e. The first-order valence-corrected chi connectivity index (χ1v) is 16.1. The monoisotopic (exact) mass is 680 g/mol. The zero-order chi connectivity index (χ0) is 33.5. The summed E-state index contributed by atoms with van der Waals surface area (Å²) in [5, 5.41) is 3.61. The van der Waals surface area contributed by atoms with Crippen LogP contribution in [0.25, 0.3) is 22.3 Å². The summed E-state index contributed by atoms with van der Waals surface area (Å²) in [6, 6.07) is -0.337. The minimum absolute atomic E-state index is 0.0250. The zero-order valence-corrected chi connectivity index (χ0v) is 25.7. The van der Waals surface area contributed by atoms with E-state index in [-0.39, 0.29) is 73.3 Å². The predicted octanol–water partition coefficient (Wildman–Crippen LogP) is 4.70. The summed E-state index contributed by atoms with van der Waals surface area (Å²) in [5.41, 5.74) is -0.118. The fraction of sp³-hybridized carbons (Fsp3) is 0.613. The van der Waals surface area contributed by atoms with Crippen LogP contribution in [0, 0.1) is 17.0 Å². The Bertz CT molecular complexity index is 1880. The van der Waals surface area contributed by atoms with E-state index >= 15 is 4.39 Å². The normalized spacial score (nSPS) is 33.1. The number of nitrogens with one attached hydrogen (secondary N) is 1. The minimum atomic E-state index is -5.14. The van der Waals surface area contributed by atoms with Gasteiger partial charge in [-0.2, -0.15) is 23.1 Å². The third-order valence-corrected chi connectivity index (χ3v) is 11.3. The lowest BCUT2D eigenvalue weighted by Gasteiger charge is -2.42. The Balaban J connectivity index is 1.20. The average Bonchev–Trinajstić information content (AvgIpc) is 3.34. The number of ether oxygens (including phenoxy) is 2.